The van der Waals surface area contributed by atoms with E-state index in [1.54, 1.807) is 34.5 Å². The van der Waals surface area contributed by atoms with Gasteiger partial charge in [-0.05, 0) is 35.4 Å². The van der Waals surface area contributed by atoms with Crippen molar-refractivity contribution in [2.75, 3.05) is 33.3 Å². The summed E-state index contributed by atoms with van der Waals surface area (Å²) in [7, 11) is 6.50. The molecule has 168 valence electrons. The highest BCUT2D eigenvalue weighted by atomic mass is 16.5. The first kappa shape index (κ1) is 22.9. The summed E-state index contributed by atoms with van der Waals surface area (Å²) in [5.74, 6) is 3.08. The number of aromatic nitrogens is 2. The first-order valence-electron chi connectivity index (χ1n) is 10.2. The summed E-state index contributed by atoms with van der Waals surface area (Å²) in [4.78, 5) is 11.5. The van der Waals surface area contributed by atoms with E-state index in [9.17, 15) is 0 Å². The Bertz CT molecular complexity index is 946. The number of allylic oxidation sites excluding steroid dienone is 1. The van der Waals surface area contributed by atoms with E-state index >= 15 is 0 Å². The third-order valence-corrected chi connectivity index (χ3v) is 5.00. The average molecular weight is 436 g/mol. The van der Waals surface area contributed by atoms with Crippen molar-refractivity contribution in [3.63, 3.8) is 0 Å². The van der Waals surface area contributed by atoms with Gasteiger partial charge < -0.3 is 23.8 Å². The van der Waals surface area contributed by atoms with E-state index in [0.717, 1.165) is 28.2 Å². The van der Waals surface area contributed by atoms with Gasteiger partial charge in [0.1, 0.15) is 11.5 Å². The Balaban J connectivity index is 2.00. The van der Waals surface area contributed by atoms with Crippen molar-refractivity contribution >= 4 is 5.95 Å². The van der Waals surface area contributed by atoms with Gasteiger partial charge in [-0.2, -0.15) is 9.97 Å². The van der Waals surface area contributed by atoms with Crippen LogP contribution in [-0.2, 0) is 19.5 Å². The predicted molar refractivity (Wildman–Crippen MR) is 125 cm³/mol. The number of anilines is 1. The van der Waals surface area contributed by atoms with Crippen LogP contribution >= 0.6 is 0 Å². The summed E-state index contributed by atoms with van der Waals surface area (Å²) in [5.41, 5.74) is 2.95. The van der Waals surface area contributed by atoms with Gasteiger partial charge in [0, 0.05) is 19.5 Å². The average Bonchev–Trinajstić information content (AvgIpc) is 2.84. The summed E-state index contributed by atoms with van der Waals surface area (Å²) in [6.45, 7) is 4.98. The molecule has 1 heterocycles. The molecule has 0 N–H and O–H groups in total. The van der Waals surface area contributed by atoms with Gasteiger partial charge in [0.2, 0.25) is 17.7 Å². The number of methoxy groups -OCH3 is 4. The molecule has 0 aliphatic carbocycles. The van der Waals surface area contributed by atoms with Gasteiger partial charge in [-0.3, -0.25) is 0 Å². The molecular formula is C25H29N3O4. The lowest BCUT2D eigenvalue weighted by Crippen LogP contribution is -2.25. The van der Waals surface area contributed by atoms with Crippen LogP contribution in [0.4, 0.5) is 5.95 Å². The largest absolute Gasteiger partial charge is 0.497 e. The predicted octanol–water partition coefficient (Wildman–Crippen LogP) is 4.45. The molecule has 7 heteroatoms. The fourth-order valence-corrected chi connectivity index (χ4v) is 3.33. The second-order valence-corrected chi connectivity index (χ2v) is 7.07. The van der Waals surface area contributed by atoms with E-state index < -0.39 is 0 Å². The zero-order chi connectivity index (χ0) is 22.9. The van der Waals surface area contributed by atoms with Crippen LogP contribution in [0.1, 0.15) is 16.7 Å². The Kier molecular flexibility index (Phi) is 7.91. The van der Waals surface area contributed by atoms with Crippen molar-refractivity contribution in [3.05, 3.63) is 77.9 Å². The zero-order valence-electron chi connectivity index (χ0n) is 19.0. The van der Waals surface area contributed by atoms with Gasteiger partial charge in [-0.1, -0.05) is 30.3 Å². The van der Waals surface area contributed by atoms with Crippen LogP contribution in [0, 0.1) is 0 Å². The lowest BCUT2D eigenvalue weighted by atomic mass is 10.1. The molecule has 0 amide bonds. The molecule has 1 aromatic heterocycles. The number of hydrogen-bond acceptors (Lipinski definition) is 7. The maximum atomic E-state index is 5.55. The van der Waals surface area contributed by atoms with Gasteiger partial charge in [0.25, 0.3) is 0 Å². The molecule has 2 aromatic carbocycles. The van der Waals surface area contributed by atoms with Crippen LogP contribution in [-0.4, -0.2) is 38.4 Å². The van der Waals surface area contributed by atoms with Crippen molar-refractivity contribution in [2.45, 2.75) is 19.5 Å². The van der Waals surface area contributed by atoms with Crippen LogP contribution in [0.3, 0.4) is 0 Å². The smallest absolute Gasteiger partial charge is 0.232 e. The number of rotatable bonds is 11. The monoisotopic (exact) mass is 435 g/mol. The summed E-state index contributed by atoms with van der Waals surface area (Å²) in [6, 6.07) is 15.9. The molecule has 0 aliphatic heterocycles. The maximum absolute atomic E-state index is 5.55. The summed E-state index contributed by atoms with van der Waals surface area (Å²) in [5, 5.41) is 0. The topological polar surface area (TPSA) is 65.9 Å². The van der Waals surface area contributed by atoms with E-state index in [-0.39, 0.29) is 0 Å². The highest BCUT2D eigenvalue weighted by Gasteiger charge is 2.20. The number of nitrogens with zero attached hydrogens (tertiary/aromatic N) is 3. The Morgan fingerprint density at radius 1 is 0.719 bits per heavy atom. The second kappa shape index (κ2) is 11.0. The standard InChI is InChI=1S/C25H29N3O4/c1-6-7-22-23(31-4)26-25(27-24(22)32-5)28(16-18-8-12-20(29-2)13-9-18)17-19-10-14-21(30-3)15-11-19/h6,8-15H,1,7,16-17H2,2-5H3. The van der Waals surface area contributed by atoms with E-state index in [2.05, 4.69) is 11.5 Å². The fraction of sp³-hybridized carbons (Fsp3) is 0.280. The van der Waals surface area contributed by atoms with Crippen LogP contribution in [0.2, 0.25) is 0 Å². The normalized spacial score (nSPS) is 10.4. The first-order valence-corrected chi connectivity index (χ1v) is 10.2. The lowest BCUT2D eigenvalue weighted by molar-refractivity contribution is 0.363. The second-order valence-electron chi connectivity index (χ2n) is 7.07. The van der Waals surface area contributed by atoms with Crippen molar-refractivity contribution < 1.29 is 18.9 Å². The van der Waals surface area contributed by atoms with Crippen LogP contribution < -0.4 is 23.8 Å². The van der Waals surface area contributed by atoms with E-state index in [4.69, 9.17) is 28.9 Å². The molecule has 0 saturated carbocycles. The minimum absolute atomic E-state index is 0.473. The van der Waals surface area contributed by atoms with Crippen molar-refractivity contribution in [1.29, 1.82) is 0 Å². The molecule has 3 rings (SSSR count). The molecule has 0 atom stereocenters. The third-order valence-electron chi connectivity index (χ3n) is 5.00. The van der Waals surface area contributed by atoms with E-state index in [1.807, 2.05) is 48.5 Å². The molecule has 0 radical (unpaired) electrons. The van der Waals surface area contributed by atoms with E-state index in [1.165, 1.54) is 0 Å². The minimum atomic E-state index is 0.473. The van der Waals surface area contributed by atoms with Gasteiger partial charge in [-0.15, -0.1) is 6.58 Å². The molecule has 0 aliphatic rings. The number of benzene rings is 2. The maximum Gasteiger partial charge on any atom is 0.232 e. The molecule has 3 aromatic rings. The summed E-state index contributed by atoms with van der Waals surface area (Å²) in [6.07, 6.45) is 2.32. The van der Waals surface area contributed by atoms with E-state index in [0.29, 0.717) is 37.2 Å². The molecule has 32 heavy (non-hydrogen) atoms. The van der Waals surface area contributed by atoms with Crippen LogP contribution in [0.5, 0.6) is 23.3 Å². The van der Waals surface area contributed by atoms with Gasteiger partial charge >= 0.3 is 0 Å². The molecule has 0 unspecified atom stereocenters. The number of hydrogen-bond donors (Lipinski definition) is 0. The third kappa shape index (κ3) is 5.49. The van der Waals surface area contributed by atoms with Gasteiger partial charge in [-0.25, -0.2) is 0 Å². The Hall–Kier alpha value is -3.74. The summed E-state index contributed by atoms with van der Waals surface area (Å²) >= 11 is 0. The van der Waals surface area contributed by atoms with Crippen LogP contribution in [0.15, 0.2) is 61.2 Å². The van der Waals surface area contributed by atoms with Crippen molar-refractivity contribution in [2.24, 2.45) is 0 Å². The lowest BCUT2D eigenvalue weighted by Gasteiger charge is -2.24. The highest BCUT2D eigenvalue weighted by Crippen LogP contribution is 2.30. The Labute approximate surface area is 189 Å². The zero-order valence-corrected chi connectivity index (χ0v) is 19.0. The van der Waals surface area contributed by atoms with Crippen LogP contribution in [0.25, 0.3) is 0 Å². The molecule has 0 fully saturated rings. The van der Waals surface area contributed by atoms with Crippen molar-refractivity contribution in [1.82, 2.24) is 9.97 Å². The Morgan fingerprint density at radius 3 is 1.50 bits per heavy atom. The van der Waals surface area contributed by atoms with Gasteiger partial charge in [0.05, 0.1) is 34.0 Å². The molecular weight excluding hydrogens is 406 g/mol. The highest BCUT2D eigenvalue weighted by molar-refractivity contribution is 5.46. The fourth-order valence-electron chi connectivity index (χ4n) is 3.33. The first-order chi connectivity index (χ1) is 15.6. The molecule has 0 spiro atoms. The molecule has 0 bridgehead atoms. The van der Waals surface area contributed by atoms with Crippen molar-refractivity contribution in [3.8, 4) is 23.3 Å². The molecule has 0 saturated heterocycles. The van der Waals surface area contributed by atoms with Gasteiger partial charge in [0.15, 0.2) is 0 Å². The SMILES string of the molecule is C=CCc1c(OC)nc(N(Cc2ccc(OC)cc2)Cc2ccc(OC)cc2)nc1OC. The Morgan fingerprint density at radius 2 is 1.16 bits per heavy atom. The summed E-state index contributed by atoms with van der Waals surface area (Å²) < 4.78 is 21.7. The number of ether oxygens (including phenoxy) is 4. The minimum Gasteiger partial charge on any atom is -0.497 e. The quantitative estimate of drug-likeness (QED) is 0.412. The molecule has 7 nitrogen and oxygen atoms in total.